The molecule has 3 N–H and O–H groups in total. The predicted molar refractivity (Wildman–Crippen MR) is 73.9 cm³/mol. The molecule has 3 aromatic rings. The maximum absolute atomic E-state index is 10.8. The number of aromatic nitrogens is 4. The van der Waals surface area contributed by atoms with Crippen LogP contribution in [-0.4, -0.2) is 25.1 Å². The Hall–Kier alpha value is -2.83. The molecule has 0 spiro atoms. The Labute approximate surface area is 115 Å². The van der Waals surface area contributed by atoms with Gasteiger partial charge in [-0.25, -0.2) is 4.98 Å². The van der Waals surface area contributed by atoms with Gasteiger partial charge in [0.25, 0.3) is 0 Å². The summed E-state index contributed by atoms with van der Waals surface area (Å²) < 4.78 is 3.46. The lowest BCUT2D eigenvalue weighted by Gasteiger charge is -1.99. The van der Waals surface area contributed by atoms with Crippen LogP contribution in [0.25, 0.3) is 5.65 Å². The average Bonchev–Trinajstić information content (AvgIpc) is 3.01. The second kappa shape index (κ2) is 5.04. The van der Waals surface area contributed by atoms with Gasteiger partial charge in [-0.3, -0.25) is 9.48 Å². The molecule has 0 aliphatic heterocycles. The molecule has 0 fully saturated rings. The minimum Gasteiger partial charge on any atom is -0.377 e. The van der Waals surface area contributed by atoms with E-state index >= 15 is 0 Å². The third kappa shape index (κ3) is 2.61. The SMILES string of the molecule is NC(=O)Cn1cc(NCc2cn3ccccc3n2)cn1. The molecule has 0 aromatic carbocycles. The maximum atomic E-state index is 10.8. The van der Waals surface area contributed by atoms with Crippen LogP contribution in [0.1, 0.15) is 5.69 Å². The smallest absolute Gasteiger partial charge is 0.239 e. The Kier molecular flexibility index (Phi) is 3.08. The van der Waals surface area contributed by atoms with Gasteiger partial charge in [0.05, 0.1) is 24.1 Å². The summed E-state index contributed by atoms with van der Waals surface area (Å²) in [6, 6.07) is 5.86. The van der Waals surface area contributed by atoms with Gasteiger partial charge in [0.1, 0.15) is 12.2 Å². The van der Waals surface area contributed by atoms with E-state index in [9.17, 15) is 4.79 Å². The molecular weight excluding hydrogens is 256 g/mol. The van der Waals surface area contributed by atoms with Gasteiger partial charge in [-0.1, -0.05) is 6.07 Å². The Morgan fingerprint density at radius 1 is 1.35 bits per heavy atom. The first-order chi connectivity index (χ1) is 9.70. The maximum Gasteiger partial charge on any atom is 0.239 e. The second-order valence-electron chi connectivity index (χ2n) is 4.44. The normalized spacial score (nSPS) is 10.8. The fourth-order valence-corrected chi connectivity index (χ4v) is 1.97. The van der Waals surface area contributed by atoms with Crippen molar-refractivity contribution in [2.75, 3.05) is 5.32 Å². The van der Waals surface area contributed by atoms with Gasteiger partial charge < -0.3 is 15.5 Å². The van der Waals surface area contributed by atoms with E-state index in [1.165, 1.54) is 4.68 Å². The van der Waals surface area contributed by atoms with Crippen LogP contribution in [0.5, 0.6) is 0 Å². The lowest BCUT2D eigenvalue weighted by atomic mass is 10.4. The summed E-state index contributed by atoms with van der Waals surface area (Å²) in [5, 5.41) is 7.24. The van der Waals surface area contributed by atoms with Crippen LogP contribution in [0.3, 0.4) is 0 Å². The van der Waals surface area contributed by atoms with Crippen molar-refractivity contribution in [3.05, 3.63) is 48.7 Å². The molecule has 0 saturated heterocycles. The lowest BCUT2D eigenvalue weighted by molar-refractivity contribution is -0.118. The first kappa shape index (κ1) is 12.2. The topological polar surface area (TPSA) is 90.2 Å². The van der Waals surface area contributed by atoms with Crippen LogP contribution in [0, 0.1) is 0 Å². The number of imidazole rings is 1. The number of amides is 1. The molecular formula is C13H14N6O. The number of nitrogens with one attached hydrogen (secondary N) is 1. The highest BCUT2D eigenvalue weighted by Gasteiger charge is 2.03. The fraction of sp³-hybridized carbons (Fsp3) is 0.154. The molecule has 0 radical (unpaired) electrons. The van der Waals surface area contributed by atoms with Crippen molar-refractivity contribution in [1.29, 1.82) is 0 Å². The summed E-state index contributed by atoms with van der Waals surface area (Å²) in [6.07, 6.45) is 7.31. The summed E-state index contributed by atoms with van der Waals surface area (Å²) in [7, 11) is 0. The second-order valence-corrected chi connectivity index (χ2v) is 4.44. The van der Waals surface area contributed by atoms with Crippen LogP contribution in [0.15, 0.2) is 43.0 Å². The number of rotatable bonds is 5. The molecule has 7 nitrogen and oxygen atoms in total. The van der Waals surface area contributed by atoms with Crippen molar-refractivity contribution < 1.29 is 4.79 Å². The quantitative estimate of drug-likeness (QED) is 0.711. The first-order valence-corrected chi connectivity index (χ1v) is 6.18. The van der Waals surface area contributed by atoms with Crippen LogP contribution in [0.4, 0.5) is 5.69 Å². The van der Waals surface area contributed by atoms with Crippen molar-refractivity contribution in [1.82, 2.24) is 19.2 Å². The minimum absolute atomic E-state index is 0.0794. The molecule has 0 atom stereocenters. The third-order valence-corrected chi connectivity index (χ3v) is 2.84. The zero-order valence-electron chi connectivity index (χ0n) is 10.7. The zero-order valence-corrected chi connectivity index (χ0v) is 10.7. The Morgan fingerprint density at radius 3 is 3.05 bits per heavy atom. The monoisotopic (exact) mass is 270 g/mol. The van der Waals surface area contributed by atoms with Gasteiger partial charge in [-0.05, 0) is 12.1 Å². The van der Waals surface area contributed by atoms with E-state index in [4.69, 9.17) is 5.73 Å². The van der Waals surface area contributed by atoms with E-state index in [0.717, 1.165) is 17.0 Å². The van der Waals surface area contributed by atoms with Crippen LogP contribution in [-0.2, 0) is 17.9 Å². The van der Waals surface area contributed by atoms with Gasteiger partial charge in [0.2, 0.25) is 5.91 Å². The van der Waals surface area contributed by atoms with E-state index in [0.29, 0.717) is 6.54 Å². The molecule has 1 amide bonds. The highest BCUT2D eigenvalue weighted by molar-refractivity contribution is 5.73. The number of anilines is 1. The van der Waals surface area contributed by atoms with Crippen molar-refractivity contribution in [3.63, 3.8) is 0 Å². The summed E-state index contributed by atoms with van der Waals surface area (Å²) in [5.41, 5.74) is 7.77. The minimum atomic E-state index is -0.417. The van der Waals surface area contributed by atoms with Crippen molar-refractivity contribution in [2.45, 2.75) is 13.1 Å². The number of carbonyl (C=O) groups excluding carboxylic acids is 1. The summed E-state index contributed by atoms with van der Waals surface area (Å²) in [4.78, 5) is 15.3. The number of fused-ring (bicyclic) bond motifs is 1. The van der Waals surface area contributed by atoms with E-state index in [-0.39, 0.29) is 6.54 Å². The van der Waals surface area contributed by atoms with Crippen LogP contribution >= 0.6 is 0 Å². The molecule has 3 heterocycles. The third-order valence-electron chi connectivity index (χ3n) is 2.84. The van der Waals surface area contributed by atoms with Gasteiger partial charge in [-0.2, -0.15) is 5.10 Å². The number of hydrogen-bond donors (Lipinski definition) is 2. The van der Waals surface area contributed by atoms with E-state index < -0.39 is 5.91 Å². The molecule has 0 aliphatic carbocycles. The Morgan fingerprint density at radius 2 is 2.25 bits per heavy atom. The van der Waals surface area contributed by atoms with E-state index in [2.05, 4.69) is 15.4 Å². The molecule has 3 aromatic heterocycles. The summed E-state index contributed by atoms with van der Waals surface area (Å²) in [5.74, 6) is -0.417. The molecule has 3 rings (SSSR count). The van der Waals surface area contributed by atoms with Crippen molar-refractivity contribution in [3.8, 4) is 0 Å². The van der Waals surface area contributed by atoms with Crippen molar-refractivity contribution in [2.24, 2.45) is 5.73 Å². The predicted octanol–water partition coefficient (Wildman–Crippen LogP) is 0.628. The first-order valence-electron chi connectivity index (χ1n) is 6.18. The zero-order chi connectivity index (χ0) is 13.9. The highest BCUT2D eigenvalue weighted by atomic mass is 16.1. The number of nitrogens with two attached hydrogens (primary N) is 1. The summed E-state index contributed by atoms with van der Waals surface area (Å²) >= 11 is 0. The fourth-order valence-electron chi connectivity index (χ4n) is 1.97. The van der Waals surface area contributed by atoms with Crippen molar-refractivity contribution >= 4 is 17.2 Å². The standard InChI is InChI=1S/C13H14N6O/c14-12(20)9-19-8-10(6-16-19)15-5-11-7-18-4-2-1-3-13(18)17-11/h1-4,6-8,15H,5,9H2,(H2,14,20). The van der Waals surface area contributed by atoms with E-state index in [1.807, 2.05) is 35.0 Å². The highest BCUT2D eigenvalue weighted by Crippen LogP contribution is 2.09. The molecule has 7 heteroatoms. The largest absolute Gasteiger partial charge is 0.377 e. The Bertz CT molecular complexity index is 711. The average molecular weight is 270 g/mol. The molecule has 20 heavy (non-hydrogen) atoms. The van der Waals surface area contributed by atoms with Crippen LogP contribution < -0.4 is 11.1 Å². The molecule has 0 unspecified atom stereocenters. The number of nitrogens with zero attached hydrogens (tertiary/aromatic N) is 4. The molecule has 102 valence electrons. The van der Waals surface area contributed by atoms with E-state index in [1.54, 1.807) is 12.4 Å². The van der Waals surface area contributed by atoms with Gasteiger partial charge in [-0.15, -0.1) is 0 Å². The lowest BCUT2D eigenvalue weighted by Crippen LogP contribution is -2.18. The Balaban J connectivity index is 1.66. The molecule has 0 bridgehead atoms. The molecule has 0 saturated carbocycles. The number of primary amides is 1. The van der Waals surface area contributed by atoms with Crippen LogP contribution in [0.2, 0.25) is 0 Å². The number of hydrogen-bond acceptors (Lipinski definition) is 4. The van der Waals surface area contributed by atoms with Gasteiger partial charge >= 0.3 is 0 Å². The number of pyridine rings is 1. The molecule has 0 aliphatic rings. The summed E-state index contributed by atoms with van der Waals surface area (Å²) in [6.45, 7) is 0.667. The van der Waals surface area contributed by atoms with Gasteiger partial charge in [0.15, 0.2) is 0 Å². The number of carbonyl (C=O) groups is 1. The van der Waals surface area contributed by atoms with Gasteiger partial charge in [0, 0.05) is 18.6 Å².